The molecule has 1 aromatic heterocycles. The number of nitrogen functional groups attached to an aromatic ring is 1. The Morgan fingerprint density at radius 2 is 2.40 bits per heavy atom. The maximum Gasteiger partial charge on any atom is 0.168 e. The first-order valence-electron chi connectivity index (χ1n) is 3.44. The number of hydrogen-bond acceptors (Lipinski definition) is 3. The van der Waals surface area contributed by atoms with Crippen molar-refractivity contribution < 1.29 is 0 Å². The van der Waals surface area contributed by atoms with Crippen LogP contribution in [0.2, 0.25) is 0 Å². The lowest BCUT2D eigenvalue weighted by molar-refractivity contribution is 0.801. The highest BCUT2D eigenvalue weighted by Gasteiger charge is 2.13. The van der Waals surface area contributed by atoms with E-state index in [1.807, 2.05) is 0 Å². The largest absolute Gasteiger partial charge is 0.381 e. The van der Waals surface area contributed by atoms with Crippen molar-refractivity contribution in [2.75, 3.05) is 17.6 Å². The van der Waals surface area contributed by atoms with Crippen molar-refractivity contribution in [3.8, 4) is 0 Å². The third kappa shape index (κ3) is 0.650. The molecule has 0 unspecified atom stereocenters. The maximum absolute atomic E-state index is 5.56. The summed E-state index contributed by atoms with van der Waals surface area (Å²) < 4.78 is 0. The summed E-state index contributed by atoms with van der Waals surface area (Å²) in [5, 5.41) is 9.97. The van der Waals surface area contributed by atoms with Crippen LogP contribution in [0.5, 0.6) is 0 Å². The topological polar surface area (TPSA) is 66.7 Å². The van der Waals surface area contributed by atoms with Crippen molar-refractivity contribution in [3.05, 3.63) is 5.69 Å². The second kappa shape index (κ2) is 1.90. The third-order valence-electron chi connectivity index (χ3n) is 1.77. The molecule has 0 saturated heterocycles. The van der Waals surface area contributed by atoms with Crippen LogP contribution in [0.3, 0.4) is 0 Å². The predicted molar refractivity (Wildman–Crippen MR) is 39.8 cm³/mol. The van der Waals surface area contributed by atoms with Crippen molar-refractivity contribution in [2.45, 2.75) is 12.8 Å². The summed E-state index contributed by atoms with van der Waals surface area (Å²) in [4.78, 5) is 0. The molecule has 0 atom stereocenters. The van der Waals surface area contributed by atoms with Gasteiger partial charge in [0, 0.05) is 6.54 Å². The molecule has 2 rings (SSSR count). The summed E-state index contributed by atoms with van der Waals surface area (Å²) >= 11 is 0. The minimum Gasteiger partial charge on any atom is -0.381 e. The predicted octanol–water partition coefficient (Wildman–Crippen LogP) is 0.350. The van der Waals surface area contributed by atoms with E-state index in [0.29, 0.717) is 5.82 Å². The average molecular weight is 138 g/mol. The van der Waals surface area contributed by atoms with Gasteiger partial charge < -0.3 is 11.1 Å². The molecule has 0 bridgehead atoms. The molecule has 0 amide bonds. The molecule has 4 heteroatoms. The average Bonchev–Trinajstić information content (AvgIpc) is 2.34. The molecule has 1 aliphatic rings. The van der Waals surface area contributed by atoms with E-state index in [4.69, 9.17) is 5.73 Å². The van der Waals surface area contributed by atoms with E-state index in [9.17, 15) is 0 Å². The molecule has 4 N–H and O–H groups in total. The van der Waals surface area contributed by atoms with E-state index >= 15 is 0 Å². The maximum atomic E-state index is 5.56. The Balaban J connectivity index is 2.45. The van der Waals surface area contributed by atoms with Gasteiger partial charge in [0.05, 0.1) is 11.4 Å². The number of aromatic amines is 1. The molecular formula is C6H10N4. The van der Waals surface area contributed by atoms with Gasteiger partial charge in [0.2, 0.25) is 0 Å². The highest BCUT2D eigenvalue weighted by molar-refractivity contribution is 5.65. The standard InChI is InChI=1S/C6H10N4/c7-6-5-4(9-10-6)2-1-3-8-5/h8H,1-3H2,(H3,7,9,10). The quantitative estimate of drug-likeness (QED) is 0.484. The number of H-pyrrole nitrogens is 1. The zero-order valence-electron chi connectivity index (χ0n) is 5.65. The number of nitrogens with two attached hydrogens (primary N) is 1. The summed E-state index contributed by atoms with van der Waals surface area (Å²) in [6, 6.07) is 0. The molecule has 0 radical (unpaired) electrons. The van der Waals surface area contributed by atoms with Crippen molar-refractivity contribution >= 4 is 11.5 Å². The molecule has 54 valence electrons. The van der Waals surface area contributed by atoms with Crippen LogP contribution in [0.25, 0.3) is 0 Å². The highest BCUT2D eigenvalue weighted by atomic mass is 15.2. The molecule has 0 aromatic carbocycles. The van der Waals surface area contributed by atoms with Gasteiger partial charge in [0.25, 0.3) is 0 Å². The van der Waals surface area contributed by atoms with Gasteiger partial charge in [0.1, 0.15) is 0 Å². The third-order valence-corrected chi connectivity index (χ3v) is 1.77. The SMILES string of the molecule is Nc1n[nH]c2c1NCCC2. The summed E-state index contributed by atoms with van der Waals surface area (Å²) in [7, 11) is 0. The first-order chi connectivity index (χ1) is 4.88. The second-order valence-electron chi connectivity index (χ2n) is 2.49. The summed E-state index contributed by atoms with van der Waals surface area (Å²) in [5.74, 6) is 0.592. The van der Waals surface area contributed by atoms with Gasteiger partial charge in [-0.25, -0.2) is 0 Å². The zero-order valence-corrected chi connectivity index (χ0v) is 5.65. The number of nitrogens with zero attached hydrogens (tertiary/aromatic N) is 1. The fraction of sp³-hybridized carbons (Fsp3) is 0.500. The summed E-state index contributed by atoms with van der Waals surface area (Å²) in [6.07, 6.45) is 2.22. The smallest absolute Gasteiger partial charge is 0.168 e. The Kier molecular flexibility index (Phi) is 1.06. The molecule has 0 spiro atoms. The molecule has 0 saturated carbocycles. The van der Waals surface area contributed by atoms with Crippen LogP contribution >= 0.6 is 0 Å². The number of anilines is 2. The first-order valence-corrected chi connectivity index (χ1v) is 3.44. The van der Waals surface area contributed by atoms with Crippen LogP contribution in [0.1, 0.15) is 12.1 Å². The van der Waals surface area contributed by atoms with Gasteiger partial charge in [-0.1, -0.05) is 0 Å². The molecule has 1 aromatic rings. The minimum atomic E-state index is 0.592. The fourth-order valence-electron chi connectivity index (χ4n) is 1.25. The van der Waals surface area contributed by atoms with Crippen LogP contribution in [0.4, 0.5) is 11.5 Å². The molecule has 4 nitrogen and oxygen atoms in total. The molecule has 10 heavy (non-hydrogen) atoms. The molecular weight excluding hydrogens is 128 g/mol. The molecule has 0 fully saturated rings. The van der Waals surface area contributed by atoms with Crippen LogP contribution in [-0.4, -0.2) is 16.7 Å². The van der Waals surface area contributed by atoms with Gasteiger partial charge in [0.15, 0.2) is 5.82 Å². The molecule has 1 aliphatic heterocycles. The van der Waals surface area contributed by atoms with Gasteiger partial charge in [-0.05, 0) is 12.8 Å². The summed E-state index contributed by atoms with van der Waals surface area (Å²) in [6.45, 7) is 1.01. The molecule has 0 aliphatic carbocycles. The number of nitrogens with one attached hydrogen (secondary N) is 2. The fourth-order valence-corrected chi connectivity index (χ4v) is 1.25. The van der Waals surface area contributed by atoms with Crippen LogP contribution in [-0.2, 0) is 6.42 Å². The van der Waals surface area contributed by atoms with E-state index in [1.165, 1.54) is 0 Å². The Morgan fingerprint density at radius 3 is 3.20 bits per heavy atom. The van der Waals surface area contributed by atoms with E-state index in [-0.39, 0.29) is 0 Å². The van der Waals surface area contributed by atoms with E-state index < -0.39 is 0 Å². The number of hydrogen-bond donors (Lipinski definition) is 3. The number of rotatable bonds is 0. The van der Waals surface area contributed by atoms with Crippen molar-refractivity contribution in [1.82, 2.24) is 10.2 Å². The number of fused-ring (bicyclic) bond motifs is 1. The monoisotopic (exact) mass is 138 g/mol. The van der Waals surface area contributed by atoms with E-state index in [2.05, 4.69) is 15.5 Å². The Bertz CT molecular complexity index is 240. The number of aromatic nitrogens is 2. The van der Waals surface area contributed by atoms with Crippen LogP contribution in [0.15, 0.2) is 0 Å². The van der Waals surface area contributed by atoms with Crippen LogP contribution in [0, 0.1) is 0 Å². The highest BCUT2D eigenvalue weighted by Crippen LogP contribution is 2.24. The lowest BCUT2D eigenvalue weighted by atomic mass is 10.1. The van der Waals surface area contributed by atoms with Crippen molar-refractivity contribution in [2.24, 2.45) is 0 Å². The van der Waals surface area contributed by atoms with Gasteiger partial charge in [-0.2, -0.15) is 5.10 Å². The minimum absolute atomic E-state index is 0.592. The summed E-state index contributed by atoms with van der Waals surface area (Å²) in [5.41, 5.74) is 7.70. The first kappa shape index (κ1) is 5.58. The normalized spacial score (nSPS) is 16.0. The van der Waals surface area contributed by atoms with Gasteiger partial charge in [-0.3, -0.25) is 5.10 Å². The van der Waals surface area contributed by atoms with Crippen molar-refractivity contribution in [3.63, 3.8) is 0 Å². The van der Waals surface area contributed by atoms with E-state index in [0.717, 1.165) is 30.8 Å². The van der Waals surface area contributed by atoms with E-state index in [1.54, 1.807) is 0 Å². The Labute approximate surface area is 58.8 Å². The van der Waals surface area contributed by atoms with Crippen molar-refractivity contribution in [1.29, 1.82) is 0 Å². The van der Waals surface area contributed by atoms with Gasteiger partial charge in [-0.15, -0.1) is 0 Å². The Morgan fingerprint density at radius 1 is 1.50 bits per heavy atom. The zero-order chi connectivity index (χ0) is 6.97. The number of aryl methyl sites for hydroxylation is 1. The van der Waals surface area contributed by atoms with Crippen LogP contribution < -0.4 is 11.1 Å². The Hall–Kier alpha value is -1.19. The lowest BCUT2D eigenvalue weighted by Crippen LogP contribution is -2.11. The molecule has 2 heterocycles. The van der Waals surface area contributed by atoms with Gasteiger partial charge >= 0.3 is 0 Å². The second-order valence-corrected chi connectivity index (χ2v) is 2.49. The lowest BCUT2D eigenvalue weighted by Gasteiger charge is -2.12.